The van der Waals surface area contributed by atoms with E-state index in [4.69, 9.17) is 11.6 Å². The van der Waals surface area contributed by atoms with E-state index in [9.17, 15) is 5.11 Å². The minimum absolute atomic E-state index is 0.0501. The van der Waals surface area contributed by atoms with Crippen LogP contribution in [0.15, 0.2) is 47.6 Å². The van der Waals surface area contributed by atoms with E-state index in [1.807, 2.05) is 24.3 Å². The van der Waals surface area contributed by atoms with E-state index in [1.165, 1.54) is 6.07 Å². The van der Waals surface area contributed by atoms with Gasteiger partial charge in [0.2, 0.25) is 5.95 Å². The number of rotatable bonds is 3. The molecular formula is C14H11ClN4O. The van der Waals surface area contributed by atoms with Gasteiger partial charge in [0.1, 0.15) is 5.75 Å². The summed E-state index contributed by atoms with van der Waals surface area (Å²) in [6, 6.07) is 12.6. The van der Waals surface area contributed by atoms with Crippen LogP contribution in [-0.2, 0) is 0 Å². The number of phenolic OH excluding ortho intramolecular Hbond substituents is 1. The van der Waals surface area contributed by atoms with Crippen molar-refractivity contribution in [1.29, 1.82) is 0 Å². The fraction of sp³-hybridized carbons (Fsp3) is 0. The van der Waals surface area contributed by atoms with Gasteiger partial charge in [-0.25, -0.2) is 10.4 Å². The molecule has 0 unspecified atom stereocenters. The van der Waals surface area contributed by atoms with Crippen LogP contribution in [0.1, 0.15) is 5.56 Å². The van der Waals surface area contributed by atoms with Gasteiger partial charge in [0.05, 0.1) is 22.3 Å². The number of hydrogen-bond donors (Lipinski definition) is 3. The Bertz CT molecular complexity index is 749. The third-order valence-corrected chi connectivity index (χ3v) is 3.05. The molecule has 1 heterocycles. The maximum Gasteiger partial charge on any atom is 0.222 e. The normalized spacial score (nSPS) is 11.2. The summed E-state index contributed by atoms with van der Waals surface area (Å²) < 4.78 is 0. The zero-order valence-corrected chi connectivity index (χ0v) is 11.1. The molecule has 5 nitrogen and oxygen atoms in total. The Morgan fingerprint density at radius 1 is 1.25 bits per heavy atom. The summed E-state index contributed by atoms with van der Waals surface area (Å²) in [6.07, 6.45) is 1.60. The number of aromatic nitrogens is 2. The SMILES string of the molecule is Oc1ccc(/C=N\Nc2nc3ccccc3[nH]2)cc1Cl. The molecule has 20 heavy (non-hydrogen) atoms. The van der Waals surface area contributed by atoms with Gasteiger partial charge in [-0.1, -0.05) is 23.7 Å². The molecule has 0 aliphatic carbocycles. The Balaban J connectivity index is 1.75. The van der Waals surface area contributed by atoms with Gasteiger partial charge in [0.25, 0.3) is 0 Å². The number of H-pyrrole nitrogens is 1. The van der Waals surface area contributed by atoms with Crippen LogP contribution < -0.4 is 5.43 Å². The number of benzene rings is 2. The van der Waals surface area contributed by atoms with Gasteiger partial charge in [-0.2, -0.15) is 5.10 Å². The lowest BCUT2D eigenvalue weighted by atomic mass is 10.2. The highest BCUT2D eigenvalue weighted by atomic mass is 35.5. The fourth-order valence-electron chi connectivity index (χ4n) is 1.78. The lowest BCUT2D eigenvalue weighted by Gasteiger charge is -1.98. The van der Waals surface area contributed by atoms with Crippen molar-refractivity contribution in [3.8, 4) is 5.75 Å². The van der Waals surface area contributed by atoms with Gasteiger partial charge in [-0.05, 0) is 35.9 Å². The van der Waals surface area contributed by atoms with Crippen molar-refractivity contribution >= 4 is 34.8 Å². The molecule has 0 saturated heterocycles. The van der Waals surface area contributed by atoms with E-state index in [0.717, 1.165) is 16.6 Å². The molecule has 0 aliphatic heterocycles. The Labute approximate surface area is 119 Å². The summed E-state index contributed by atoms with van der Waals surface area (Å²) >= 11 is 5.81. The lowest BCUT2D eigenvalue weighted by Crippen LogP contribution is -1.92. The van der Waals surface area contributed by atoms with Crippen LogP contribution in [0.25, 0.3) is 11.0 Å². The summed E-state index contributed by atoms with van der Waals surface area (Å²) in [5.74, 6) is 0.612. The second-order valence-corrected chi connectivity index (χ2v) is 4.59. The molecule has 0 aliphatic rings. The number of aromatic amines is 1. The number of halogens is 1. The molecule has 6 heteroatoms. The largest absolute Gasteiger partial charge is 0.506 e. The quantitative estimate of drug-likeness (QED) is 0.510. The summed E-state index contributed by atoms with van der Waals surface area (Å²) in [7, 11) is 0. The topological polar surface area (TPSA) is 73.3 Å². The van der Waals surface area contributed by atoms with Crippen molar-refractivity contribution in [2.45, 2.75) is 0 Å². The summed E-state index contributed by atoms with van der Waals surface area (Å²) in [5, 5.41) is 13.7. The van der Waals surface area contributed by atoms with Crippen LogP contribution in [-0.4, -0.2) is 21.3 Å². The summed E-state index contributed by atoms with van der Waals surface area (Å²) in [4.78, 5) is 7.43. The Kier molecular flexibility index (Phi) is 3.26. The Morgan fingerprint density at radius 3 is 2.90 bits per heavy atom. The van der Waals surface area contributed by atoms with E-state index in [1.54, 1.807) is 18.3 Å². The molecular weight excluding hydrogens is 276 g/mol. The van der Waals surface area contributed by atoms with Gasteiger partial charge in [0.15, 0.2) is 0 Å². The van der Waals surface area contributed by atoms with Crippen LogP contribution in [0.2, 0.25) is 5.02 Å². The maximum absolute atomic E-state index is 9.32. The van der Waals surface area contributed by atoms with E-state index < -0.39 is 0 Å². The molecule has 0 amide bonds. The minimum atomic E-state index is 0.0501. The molecule has 3 N–H and O–H groups in total. The van der Waals surface area contributed by atoms with Gasteiger partial charge >= 0.3 is 0 Å². The highest BCUT2D eigenvalue weighted by molar-refractivity contribution is 6.32. The van der Waals surface area contributed by atoms with Crippen LogP contribution in [0.5, 0.6) is 5.75 Å². The number of nitrogens with zero attached hydrogens (tertiary/aromatic N) is 2. The van der Waals surface area contributed by atoms with Crippen molar-refractivity contribution in [3.63, 3.8) is 0 Å². The number of hydrogen-bond acceptors (Lipinski definition) is 4. The van der Waals surface area contributed by atoms with Crippen molar-refractivity contribution in [3.05, 3.63) is 53.1 Å². The molecule has 0 spiro atoms. The number of phenols is 1. The molecule has 0 saturated carbocycles. The first-order valence-electron chi connectivity index (χ1n) is 5.95. The van der Waals surface area contributed by atoms with Crippen molar-refractivity contribution in [2.75, 3.05) is 5.43 Å². The molecule has 0 fully saturated rings. The first-order valence-corrected chi connectivity index (χ1v) is 6.32. The fourth-order valence-corrected chi connectivity index (χ4v) is 1.97. The summed E-state index contributed by atoms with van der Waals surface area (Å²) in [6.45, 7) is 0. The molecule has 0 radical (unpaired) electrons. The number of fused-ring (bicyclic) bond motifs is 1. The van der Waals surface area contributed by atoms with E-state index in [0.29, 0.717) is 5.95 Å². The Morgan fingerprint density at radius 2 is 2.10 bits per heavy atom. The summed E-state index contributed by atoms with van der Waals surface area (Å²) in [5.41, 5.74) is 5.40. The van der Waals surface area contributed by atoms with Crippen LogP contribution >= 0.6 is 11.6 Å². The smallest absolute Gasteiger partial charge is 0.222 e. The van der Waals surface area contributed by atoms with Crippen molar-refractivity contribution in [1.82, 2.24) is 9.97 Å². The zero-order chi connectivity index (χ0) is 13.9. The van der Waals surface area contributed by atoms with E-state index in [-0.39, 0.29) is 10.8 Å². The highest BCUT2D eigenvalue weighted by Gasteiger charge is 2.00. The number of nitrogens with one attached hydrogen (secondary N) is 2. The van der Waals surface area contributed by atoms with Gasteiger partial charge in [-0.15, -0.1) is 0 Å². The monoisotopic (exact) mass is 286 g/mol. The van der Waals surface area contributed by atoms with Gasteiger partial charge in [-0.3, -0.25) is 0 Å². The first-order chi connectivity index (χ1) is 9.72. The average Bonchev–Trinajstić information content (AvgIpc) is 2.85. The predicted molar refractivity (Wildman–Crippen MR) is 80.4 cm³/mol. The molecule has 100 valence electrons. The molecule has 3 aromatic rings. The third kappa shape index (κ3) is 2.57. The molecule has 0 bridgehead atoms. The third-order valence-electron chi connectivity index (χ3n) is 2.75. The second-order valence-electron chi connectivity index (χ2n) is 4.18. The van der Waals surface area contributed by atoms with Crippen LogP contribution in [0, 0.1) is 0 Å². The number of aromatic hydroxyl groups is 1. The zero-order valence-electron chi connectivity index (χ0n) is 10.3. The van der Waals surface area contributed by atoms with Gasteiger partial charge < -0.3 is 10.1 Å². The van der Waals surface area contributed by atoms with Gasteiger partial charge in [0, 0.05) is 0 Å². The highest BCUT2D eigenvalue weighted by Crippen LogP contribution is 2.22. The molecule has 3 rings (SSSR count). The van der Waals surface area contributed by atoms with Crippen molar-refractivity contribution in [2.24, 2.45) is 5.10 Å². The maximum atomic E-state index is 9.32. The number of para-hydroxylation sites is 2. The number of anilines is 1. The lowest BCUT2D eigenvalue weighted by molar-refractivity contribution is 0.475. The van der Waals surface area contributed by atoms with Crippen molar-refractivity contribution < 1.29 is 5.11 Å². The second kappa shape index (κ2) is 5.22. The number of imidazole rings is 1. The minimum Gasteiger partial charge on any atom is -0.506 e. The average molecular weight is 287 g/mol. The Hall–Kier alpha value is -2.53. The first kappa shape index (κ1) is 12.5. The standard InChI is InChI=1S/C14H11ClN4O/c15-10-7-9(5-6-13(10)20)8-16-19-14-17-11-3-1-2-4-12(11)18-14/h1-8,20H,(H2,17,18,19)/b16-8-. The van der Waals surface area contributed by atoms with Crippen LogP contribution in [0.4, 0.5) is 5.95 Å². The van der Waals surface area contributed by atoms with E-state index >= 15 is 0 Å². The number of hydrazone groups is 1. The van der Waals surface area contributed by atoms with Crippen LogP contribution in [0.3, 0.4) is 0 Å². The molecule has 1 aromatic heterocycles. The van der Waals surface area contributed by atoms with E-state index in [2.05, 4.69) is 20.5 Å². The molecule has 0 atom stereocenters. The molecule has 2 aromatic carbocycles. The predicted octanol–water partition coefficient (Wildman–Crippen LogP) is 3.37.